The Balaban J connectivity index is 2.13. The van der Waals surface area contributed by atoms with Gasteiger partial charge in [0.2, 0.25) is 0 Å². The van der Waals surface area contributed by atoms with Gasteiger partial charge in [0.15, 0.2) is 0 Å². The normalized spacial score (nSPS) is 14.1. The van der Waals surface area contributed by atoms with Gasteiger partial charge in [-0.25, -0.2) is 4.39 Å². The maximum absolute atomic E-state index is 13.5. The van der Waals surface area contributed by atoms with Crippen LogP contribution in [0.4, 0.5) is 4.39 Å². The van der Waals surface area contributed by atoms with E-state index in [1.165, 1.54) is 6.07 Å². The third-order valence-corrected chi connectivity index (χ3v) is 3.97. The van der Waals surface area contributed by atoms with Crippen LogP contribution in [0.1, 0.15) is 37.1 Å². The zero-order chi connectivity index (χ0) is 14.7. The standard InChI is InChI=1S/C16H16Cl2FN/c1-10(12-7-8-15(18)16(19)9-12)20-11(2)13-5-3-4-6-14(13)17/h3-11,20H,1-2H3. The second-order valence-electron chi connectivity index (χ2n) is 4.81. The fourth-order valence-corrected chi connectivity index (χ4v) is 2.59. The Kier molecular flexibility index (Phi) is 5.03. The molecule has 0 spiro atoms. The van der Waals surface area contributed by atoms with Crippen molar-refractivity contribution in [3.8, 4) is 0 Å². The number of nitrogens with one attached hydrogen (secondary N) is 1. The molecule has 20 heavy (non-hydrogen) atoms. The van der Waals surface area contributed by atoms with Gasteiger partial charge in [0.25, 0.3) is 0 Å². The molecule has 4 heteroatoms. The van der Waals surface area contributed by atoms with Crippen molar-refractivity contribution in [2.24, 2.45) is 0 Å². The number of rotatable bonds is 4. The lowest BCUT2D eigenvalue weighted by Gasteiger charge is -2.21. The van der Waals surface area contributed by atoms with Crippen LogP contribution in [0, 0.1) is 5.82 Å². The van der Waals surface area contributed by atoms with E-state index in [-0.39, 0.29) is 17.1 Å². The van der Waals surface area contributed by atoms with Crippen molar-refractivity contribution < 1.29 is 4.39 Å². The fraction of sp³-hybridized carbons (Fsp3) is 0.250. The number of benzene rings is 2. The molecule has 2 atom stereocenters. The summed E-state index contributed by atoms with van der Waals surface area (Å²) in [5, 5.41) is 4.27. The Morgan fingerprint density at radius 2 is 1.65 bits per heavy atom. The lowest BCUT2D eigenvalue weighted by Crippen LogP contribution is -2.22. The monoisotopic (exact) mass is 311 g/mol. The molecule has 2 unspecified atom stereocenters. The highest BCUT2D eigenvalue weighted by Crippen LogP contribution is 2.26. The number of hydrogen-bond acceptors (Lipinski definition) is 1. The van der Waals surface area contributed by atoms with Crippen LogP contribution in [-0.4, -0.2) is 0 Å². The predicted molar refractivity (Wildman–Crippen MR) is 82.8 cm³/mol. The summed E-state index contributed by atoms with van der Waals surface area (Å²) in [6, 6.07) is 12.6. The van der Waals surface area contributed by atoms with E-state index in [0.717, 1.165) is 16.1 Å². The van der Waals surface area contributed by atoms with E-state index in [1.807, 2.05) is 44.2 Å². The molecule has 0 aliphatic rings. The largest absolute Gasteiger partial charge is 0.304 e. The minimum absolute atomic E-state index is 0.00644. The van der Waals surface area contributed by atoms with E-state index < -0.39 is 5.82 Å². The van der Waals surface area contributed by atoms with Crippen LogP contribution >= 0.6 is 23.2 Å². The molecule has 0 saturated heterocycles. The van der Waals surface area contributed by atoms with Gasteiger partial charge in [0.05, 0.1) is 5.02 Å². The van der Waals surface area contributed by atoms with Crippen LogP contribution in [-0.2, 0) is 0 Å². The van der Waals surface area contributed by atoms with Gasteiger partial charge >= 0.3 is 0 Å². The van der Waals surface area contributed by atoms with Crippen molar-refractivity contribution in [2.75, 3.05) is 0 Å². The molecule has 0 aliphatic carbocycles. The first-order valence-electron chi connectivity index (χ1n) is 6.44. The minimum atomic E-state index is -0.400. The summed E-state index contributed by atoms with van der Waals surface area (Å²) in [6.07, 6.45) is 0. The summed E-state index contributed by atoms with van der Waals surface area (Å²) >= 11 is 11.9. The summed E-state index contributed by atoms with van der Waals surface area (Å²) in [6.45, 7) is 4.01. The molecular weight excluding hydrogens is 296 g/mol. The lowest BCUT2D eigenvalue weighted by molar-refractivity contribution is 0.492. The first-order valence-corrected chi connectivity index (χ1v) is 7.20. The second-order valence-corrected chi connectivity index (χ2v) is 5.62. The molecule has 106 valence electrons. The average Bonchev–Trinajstić information content (AvgIpc) is 2.42. The van der Waals surface area contributed by atoms with Gasteiger partial charge in [-0.2, -0.15) is 0 Å². The molecule has 0 aliphatic heterocycles. The molecule has 0 radical (unpaired) electrons. The number of halogens is 3. The summed E-state index contributed by atoms with van der Waals surface area (Å²) in [5.74, 6) is -0.400. The summed E-state index contributed by atoms with van der Waals surface area (Å²) < 4.78 is 13.5. The molecule has 2 rings (SSSR count). The molecule has 0 aromatic heterocycles. The van der Waals surface area contributed by atoms with Crippen molar-refractivity contribution in [1.29, 1.82) is 0 Å². The molecule has 0 heterocycles. The highest BCUT2D eigenvalue weighted by molar-refractivity contribution is 6.31. The highest BCUT2D eigenvalue weighted by Gasteiger charge is 2.14. The zero-order valence-electron chi connectivity index (χ0n) is 11.3. The van der Waals surface area contributed by atoms with E-state index in [9.17, 15) is 4.39 Å². The van der Waals surface area contributed by atoms with Crippen molar-refractivity contribution in [3.05, 3.63) is 69.5 Å². The maximum Gasteiger partial charge on any atom is 0.142 e. The van der Waals surface area contributed by atoms with Gasteiger partial charge < -0.3 is 5.32 Å². The van der Waals surface area contributed by atoms with Crippen molar-refractivity contribution in [1.82, 2.24) is 5.32 Å². The third kappa shape index (κ3) is 3.51. The SMILES string of the molecule is CC(NC(C)c1ccccc1Cl)c1ccc(Cl)c(F)c1. The molecule has 0 amide bonds. The van der Waals surface area contributed by atoms with Gasteiger partial charge in [-0.3, -0.25) is 0 Å². The molecule has 2 aromatic carbocycles. The average molecular weight is 312 g/mol. The molecule has 1 nitrogen and oxygen atoms in total. The van der Waals surface area contributed by atoms with Crippen molar-refractivity contribution in [3.63, 3.8) is 0 Å². The van der Waals surface area contributed by atoms with Crippen molar-refractivity contribution in [2.45, 2.75) is 25.9 Å². The van der Waals surface area contributed by atoms with Gasteiger partial charge in [-0.1, -0.05) is 47.5 Å². The zero-order valence-corrected chi connectivity index (χ0v) is 12.8. The Bertz CT molecular complexity index is 601. The van der Waals surface area contributed by atoms with Crippen LogP contribution in [0.3, 0.4) is 0 Å². The third-order valence-electron chi connectivity index (χ3n) is 3.32. The predicted octanol–water partition coefficient (Wildman–Crippen LogP) is 5.54. The van der Waals surface area contributed by atoms with Gasteiger partial charge in [-0.15, -0.1) is 0 Å². The molecule has 0 bridgehead atoms. The molecule has 0 fully saturated rings. The molecule has 1 N–H and O–H groups in total. The van der Waals surface area contributed by atoms with E-state index in [1.54, 1.807) is 6.07 Å². The van der Waals surface area contributed by atoms with Crippen LogP contribution in [0.2, 0.25) is 10.0 Å². The molecule has 0 saturated carbocycles. The first-order chi connectivity index (χ1) is 9.49. The maximum atomic E-state index is 13.5. The highest BCUT2D eigenvalue weighted by atomic mass is 35.5. The smallest absolute Gasteiger partial charge is 0.142 e. The van der Waals surface area contributed by atoms with E-state index in [4.69, 9.17) is 23.2 Å². The second kappa shape index (κ2) is 6.57. The van der Waals surface area contributed by atoms with Crippen LogP contribution in [0.25, 0.3) is 0 Å². The van der Waals surface area contributed by atoms with Gasteiger partial charge in [0, 0.05) is 17.1 Å². The number of hydrogen-bond donors (Lipinski definition) is 1. The summed E-state index contributed by atoms with van der Waals surface area (Å²) in [7, 11) is 0. The van der Waals surface area contributed by atoms with E-state index in [0.29, 0.717) is 0 Å². The molecule has 2 aromatic rings. The first kappa shape index (κ1) is 15.3. The van der Waals surface area contributed by atoms with Gasteiger partial charge in [0.1, 0.15) is 5.82 Å². The lowest BCUT2D eigenvalue weighted by atomic mass is 10.0. The van der Waals surface area contributed by atoms with Crippen LogP contribution in [0.5, 0.6) is 0 Å². The van der Waals surface area contributed by atoms with Crippen molar-refractivity contribution >= 4 is 23.2 Å². The molecular formula is C16H16Cl2FN. The Morgan fingerprint density at radius 3 is 2.30 bits per heavy atom. The Labute approximate surface area is 128 Å². The topological polar surface area (TPSA) is 12.0 Å². The van der Waals surface area contributed by atoms with Crippen LogP contribution < -0.4 is 5.32 Å². The fourth-order valence-electron chi connectivity index (χ4n) is 2.17. The van der Waals surface area contributed by atoms with E-state index in [2.05, 4.69) is 5.32 Å². The van der Waals surface area contributed by atoms with E-state index >= 15 is 0 Å². The Morgan fingerprint density at radius 1 is 0.950 bits per heavy atom. The van der Waals surface area contributed by atoms with Gasteiger partial charge in [-0.05, 0) is 43.2 Å². The minimum Gasteiger partial charge on any atom is -0.304 e. The Hall–Kier alpha value is -1.09. The summed E-state index contributed by atoms with van der Waals surface area (Å²) in [4.78, 5) is 0. The quantitative estimate of drug-likeness (QED) is 0.781. The van der Waals surface area contributed by atoms with Crippen LogP contribution in [0.15, 0.2) is 42.5 Å². The summed E-state index contributed by atoms with van der Waals surface area (Å²) in [5.41, 5.74) is 1.88.